The predicted octanol–water partition coefficient (Wildman–Crippen LogP) is 0.772. The smallest absolute Gasteiger partial charge is 0.303 e. The molecule has 3 rings (SSSR count). The Morgan fingerprint density at radius 3 is 1.94 bits per heavy atom. The third kappa shape index (κ3) is 4.41. The molecule has 1 aromatic carbocycles. The normalized spacial score (nSPS) is 27.5. The van der Waals surface area contributed by atoms with Gasteiger partial charge in [-0.25, -0.2) is 4.39 Å². The summed E-state index contributed by atoms with van der Waals surface area (Å²) < 4.78 is 35.7. The number of carbonyl (C=O) groups excluding carboxylic acids is 5. The summed E-state index contributed by atoms with van der Waals surface area (Å²) in [5.74, 6) is -4.02. The largest absolute Gasteiger partial charge is 0.463 e. The summed E-state index contributed by atoms with van der Waals surface area (Å²) in [6, 6.07) is 4.14. The second kappa shape index (κ2) is 8.80. The van der Waals surface area contributed by atoms with E-state index in [0.717, 1.165) is 20.8 Å². The van der Waals surface area contributed by atoms with Gasteiger partial charge in [-0.05, 0) is 12.1 Å². The van der Waals surface area contributed by atoms with Crippen LogP contribution in [0.15, 0.2) is 24.3 Å². The highest BCUT2D eigenvalue weighted by atomic mass is 19.1. The van der Waals surface area contributed by atoms with E-state index in [4.69, 9.17) is 18.9 Å². The fourth-order valence-electron chi connectivity index (χ4n) is 3.62. The van der Waals surface area contributed by atoms with Crippen molar-refractivity contribution in [3.8, 4) is 0 Å². The SMILES string of the molecule is CC(=O)OC[C@H]1OC(F)[C@H](N2C(=O)c3ccccc3C2=O)[C@@H](OC(C)=O)[C@@H]1OC(C)=O. The molecule has 1 saturated heterocycles. The molecule has 2 heterocycles. The summed E-state index contributed by atoms with van der Waals surface area (Å²) in [6.07, 6.45) is -6.73. The number of halogens is 1. The Labute approximate surface area is 176 Å². The molecule has 0 bridgehead atoms. The van der Waals surface area contributed by atoms with Crippen molar-refractivity contribution >= 4 is 29.7 Å². The molecule has 11 heteroatoms. The van der Waals surface area contributed by atoms with Crippen molar-refractivity contribution in [1.82, 2.24) is 4.90 Å². The standard InChI is InChI=1S/C20H20FNO9/c1-9(23)28-8-14-16(29-10(2)24)17(30-11(3)25)15(18(21)31-14)22-19(26)12-6-4-5-7-13(12)20(22)27/h4-7,14-18H,8H2,1-3H3/t14-,15-,16-,17-,18?/m1/s1. The second-order valence-electron chi connectivity index (χ2n) is 6.99. The molecule has 5 atom stereocenters. The van der Waals surface area contributed by atoms with Crippen molar-refractivity contribution in [2.75, 3.05) is 6.61 Å². The Bertz CT molecular complexity index is 898. The van der Waals surface area contributed by atoms with Crippen molar-refractivity contribution in [2.45, 2.75) is 51.5 Å². The van der Waals surface area contributed by atoms with E-state index in [1.807, 2.05) is 0 Å². The molecule has 31 heavy (non-hydrogen) atoms. The van der Waals surface area contributed by atoms with E-state index in [1.54, 1.807) is 0 Å². The van der Waals surface area contributed by atoms with Gasteiger partial charge in [-0.15, -0.1) is 0 Å². The average Bonchev–Trinajstić information content (AvgIpc) is 2.93. The van der Waals surface area contributed by atoms with E-state index in [2.05, 4.69) is 0 Å². The number of fused-ring (bicyclic) bond motifs is 1. The minimum absolute atomic E-state index is 0.0485. The number of imide groups is 1. The van der Waals surface area contributed by atoms with Crippen LogP contribution in [0.4, 0.5) is 4.39 Å². The molecule has 2 aliphatic heterocycles. The van der Waals surface area contributed by atoms with Crippen LogP contribution >= 0.6 is 0 Å². The van der Waals surface area contributed by atoms with Gasteiger partial charge in [0.25, 0.3) is 11.8 Å². The number of alkyl halides is 1. The summed E-state index contributed by atoms with van der Waals surface area (Å²) in [5.41, 5.74) is 0.0969. The van der Waals surface area contributed by atoms with Crippen molar-refractivity contribution in [3.63, 3.8) is 0 Å². The van der Waals surface area contributed by atoms with E-state index in [1.165, 1.54) is 24.3 Å². The highest BCUT2D eigenvalue weighted by molar-refractivity contribution is 6.21. The molecule has 0 saturated carbocycles. The third-order valence-electron chi connectivity index (χ3n) is 4.78. The van der Waals surface area contributed by atoms with Crippen molar-refractivity contribution in [3.05, 3.63) is 35.4 Å². The lowest BCUT2D eigenvalue weighted by Gasteiger charge is -2.44. The van der Waals surface area contributed by atoms with Gasteiger partial charge in [-0.1, -0.05) is 12.1 Å². The maximum atomic E-state index is 15.2. The average molecular weight is 437 g/mol. The number of amides is 2. The van der Waals surface area contributed by atoms with Crippen LogP contribution in [0.5, 0.6) is 0 Å². The fraction of sp³-hybridized carbons (Fsp3) is 0.450. The number of rotatable bonds is 5. The first kappa shape index (κ1) is 22.3. The summed E-state index contributed by atoms with van der Waals surface area (Å²) >= 11 is 0. The molecule has 2 aliphatic rings. The van der Waals surface area contributed by atoms with E-state index in [9.17, 15) is 24.0 Å². The minimum Gasteiger partial charge on any atom is -0.463 e. The zero-order valence-electron chi connectivity index (χ0n) is 16.9. The molecule has 1 unspecified atom stereocenters. The number of ether oxygens (including phenoxy) is 4. The van der Waals surface area contributed by atoms with Crippen LogP contribution < -0.4 is 0 Å². The van der Waals surface area contributed by atoms with Crippen LogP contribution in [-0.4, -0.2) is 71.9 Å². The number of hydrogen-bond donors (Lipinski definition) is 0. The minimum atomic E-state index is -2.32. The zero-order chi connectivity index (χ0) is 22.9. The van der Waals surface area contributed by atoms with Gasteiger partial charge < -0.3 is 18.9 Å². The Balaban J connectivity index is 2.01. The molecule has 0 aromatic heterocycles. The van der Waals surface area contributed by atoms with E-state index < -0.39 is 67.0 Å². The van der Waals surface area contributed by atoms with Gasteiger partial charge >= 0.3 is 17.9 Å². The maximum absolute atomic E-state index is 15.2. The van der Waals surface area contributed by atoms with Crippen LogP contribution in [0, 0.1) is 0 Å². The van der Waals surface area contributed by atoms with E-state index in [0.29, 0.717) is 4.90 Å². The monoisotopic (exact) mass is 437 g/mol. The first-order valence-electron chi connectivity index (χ1n) is 9.36. The Kier molecular flexibility index (Phi) is 6.34. The molecule has 0 spiro atoms. The lowest BCUT2D eigenvalue weighted by Crippen LogP contribution is -2.66. The fourth-order valence-corrected chi connectivity index (χ4v) is 3.62. The van der Waals surface area contributed by atoms with Gasteiger partial charge in [0.1, 0.15) is 18.8 Å². The first-order valence-corrected chi connectivity index (χ1v) is 9.36. The van der Waals surface area contributed by atoms with Crippen molar-refractivity contribution in [2.24, 2.45) is 0 Å². The number of esters is 3. The Hall–Kier alpha value is -3.34. The first-order chi connectivity index (χ1) is 14.6. The lowest BCUT2D eigenvalue weighted by atomic mass is 9.95. The van der Waals surface area contributed by atoms with E-state index >= 15 is 4.39 Å². The number of benzene rings is 1. The summed E-state index contributed by atoms with van der Waals surface area (Å²) in [4.78, 5) is 61.0. The van der Waals surface area contributed by atoms with Gasteiger partial charge in [0, 0.05) is 20.8 Å². The van der Waals surface area contributed by atoms with Crippen LogP contribution in [0.2, 0.25) is 0 Å². The maximum Gasteiger partial charge on any atom is 0.303 e. The van der Waals surface area contributed by atoms with Crippen molar-refractivity contribution < 1.29 is 47.3 Å². The topological polar surface area (TPSA) is 126 Å². The highest BCUT2D eigenvalue weighted by Crippen LogP contribution is 2.35. The summed E-state index contributed by atoms with van der Waals surface area (Å²) in [5, 5.41) is 0. The molecule has 10 nitrogen and oxygen atoms in total. The van der Waals surface area contributed by atoms with Crippen LogP contribution in [0.1, 0.15) is 41.5 Å². The lowest BCUT2D eigenvalue weighted by molar-refractivity contribution is -0.253. The van der Waals surface area contributed by atoms with Gasteiger partial charge in [-0.3, -0.25) is 28.9 Å². The molecular weight excluding hydrogens is 417 g/mol. The van der Waals surface area contributed by atoms with Crippen LogP contribution in [0.25, 0.3) is 0 Å². The quantitative estimate of drug-likeness (QED) is 0.373. The Morgan fingerprint density at radius 2 is 1.45 bits per heavy atom. The van der Waals surface area contributed by atoms with Gasteiger partial charge in [0.2, 0.25) is 6.36 Å². The third-order valence-corrected chi connectivity index (χ3v) is 4.78. The number of nitrogens with zero attached hydrogens (tertiary/aromatic N) is 1. The second-order valence-corrected chi connectivity index (χ2v) is 6.99. The summed E-state index contributed by atoms with van der Waals surface area (Å²) in [6.45, 7) is 2.70. The van der Waals surface area contributed by atoms with Crippen LogP contribution in [-0.2, 0) is 33.3 Å². The zero-order valence-corrected chi connectivity index (χ0v) is 16.9. The number of carbonyl (C=O) groups is 5. The molecule has 0 radical (unpaired) electrons. The van der Waals surface area contributed by atoms with E-state index in [-0.39, 0.29) is 11.1 Å². The molecule has 0 aliphatic carbocycles. The molecule has 1 aromatic rings. The van der Waals surface area contributed by atoms with Crippen LogP contribution in [0.3, 0.4) is 0 Å². The number of hydrogen-bond acceptors (Lipinski definition) is 9. The summed E-state index contributed by atoms with van der Waals surface area (Å²) in [7, 11) is 0. The molecule has 0 N–H and O–H groups in total. The molecule has 166 valence electrons. The molecular formula is C20H20FNO9. The Morgan fingerprint density at radius 1 is 0.935 bits per heavy atom. The van der Waals surface area contributed by atoms with Gasteiger partial charge in [-0.2, -0.15) is 0 Å². The van der Waals surface area contributed by atoms with Gasteiger partial charge in [0.05, 0.1) is 11.1 Å². The molecule has 1 fully saturated rings. The molecule has 2 amide bonds. The van der Waals surface area contributed by atoms with Crippen molar-refractivity contribution in [1.29, 1.82) is 0 Å². The highest BCUT2D eigenvalue weighted by Gasteiger charge is 2.57. The van der Waals surface area contributed by atoms with Gasteiger partial charge in [0.15, 0.2) is 12.2 Å². The predicted molar refractivity (Wildman–Crippen MR) is 98.2 cm³/mol.